The Morgan fingerprint density at radius 1 is 1.11 bits per heavy atom. The highest BCUT2D eigenvalue weighted by atomic mass is 19.3. The minimum atomic E-state index is -2.87. The third-order valence-electron chi connectivity index (χ3n) is 2.70. The van der Waals surface area contributed by atoms with Gasteiger partial charge in [0.2, 0.25) is 0 Å². The van der Waals surface area contributed by atoms with Crippen molar-refractivity contribution < 1.29 is 8.78 Å². The van der Waals surface area contributed by atoms with Gasteiger partial charge in [-0.15, -0.1) is 0 Å². The van der Waals surface area contributed by atoms with E-state index in [2.05, 4.69) is 13.8 Å². The molecule has 0 unspecified atom stereocenters. The molecular weight excluding hydrogens is 232 g/mol. The second kappa shape index (κ2) is 5.35. The molecule has 0 radical (unpaired) electrons. The van der Waals surface area contributed by atoms with Gasteiger partial charge in [0.25, 0.3) is 5.92 Å². The largest absolute Gasteiger partial charge is 0.325 e. The molecule has 0 atom stereocenters. The van der Waals surface area contributed by atoms with Gasteiger partial charge in [0.05, 0.1) is 0 Å². The summed E-state index contributed by atoms with van der Waals surface area (Å²) in [5.41, 5.74) is 5.94. The van der Waals surface area contributed by atoms with Gasteiger partial charge < -0.3 is 5.73 Å². The molecule has 0 amide bonds. The zero-order valence-corrected chi connectivity index (χ0v) is 11.6. The van der Waals surface area contributed by atoms with Crippen LogP contribution in [-0.2, 0) is 12.3 Å². The van der Waals surface area contributed by atoms with E-state index in [9.17, 15) is 8.78 Å². The molecule has 1 aromatic carbocycles. The third kappa shape index (κ3) is 4.73. The summed E-state index contributed by atoms with van der Waals surface area (Å²) in [5.74, 6) is -2.34. The second-order valence-corrected chi connectivity index (χ2v) is 6.16. The van der Waals surface area contributed by atoms with Crippen LogP contribution in [0.4, 0.5) is 8.78 Å². The van der Waals surface area contributed by atoms with E-state index in [4.69, 9.17) is 5.73 Å². The Morgan fingerprint density at radius 2 is 1.61 bits per heavy atom. The molecule has 0 aliphatic heterocycles. The third-order valence-corrected chi connectivity index (χ3v) is 2.70. The first-order valence-electron chi connectivity index (χ1n) is 6.36. The van der Waals surface area contributed by atoms with Crippen molar-refractivity contribution in [1.82, 2.24) is 0 Å². The van der Waals surface area contributed by atoms with Crippen molar-refractivity contribution in [3.63, 3.8) is 0 Å². The van der Waals surface area contributed by atoms with Crippen molar-refractivity contribution in [2.45, 2.75) is 52.0 Å². The van der Waals surface area contributed by atoms with Gasteiger partial charge in [-0.3, -0.25) is 0 Å². The molecule has 0 aromatic heterocycles. The molecule has 0 bridgehead atoms. The Hall–Kier alpha value is -0.960. The smallest absolute Gasteiger partial charge is 0.274 e. The lowest BCUT2D eigenvalue weighted by Crippen LogP contribution is -2.38. The molecule has 0 heterocycles. The summed E-state index contributed by atoms with van der Waals surface area (Å²) in [4.78, 5) is 0. The SMILES string of the molecule is CC(C)Cc1ccc(C(F)(F)CC(C)(C)N)cc1. The second-order valence-electron chi connectivity index (χ2n) is 6.16. The van der Waals surface area contributed by atoms with Crippen molar-refractivity contribution in [2.75, 3.05) is 0 Å². The average molecular weight is 255 g/mol. The summed E-state index contributed by atoms with van der Waals surface area (Å²) >= 11 is 0. The summed E-state index contributed by atoms with van der Waals surface area (Å²) in [6.07, 6.45) is 0.567. The number of benzene rings is 1. The lowest BCUT2D eigenvalue weighted by Gasteiger charge is -2.26. The molecule has 18 heavy (non-hydrogen) atoms. The number of halogens is 2. The Kier molecular flexibility index (Phi) is 4.49. The Balaban J connectivity index is 2.84. The zero-order chi connectivity index (χ0) is 14.0. The van der Waals surface area contributed by atoms with E-state index >= 15 is 0 Å². The van der Waals surface area contributed by atoms with Crippen molar-refractivity contribution >= 4 is 0 Å². The van der Waals surface area contributed by atoms with Crippen LogP contribution in [0.3, 0.4) is 0 Å². The summed E-state index contributed by atoms with van der Waals surface area (Å²) in [7, 11) is 0. The highest BCUT2D eigenvalue weighted by Crippen LogP contribution is 2.35. The minimum absolute atomic E-state index is 0.0496. The maximum Gasteiger partial charge on any atom is 0.274 e. The summed E-state index contributed by atoms with van der Waals surface area (Å²) in [6, 6.07) is 6.60. The van der Waals surface area contributed by atoms with E-state index in [1.54, 1.807) is 26.0 Å². The van der Waals surface area contributed by atoms with Crippen LogP contribution < -0.4 is 5.73 Å². The molecule has 1 rings (SSSR count). The van der Waals surface area contributed by atoms with E-state index in [0.717, 1.165) is 12.0 Å². The summed E-state index contributed by atoms with van der Waals surface area (Å²) in [6.45, 7) is 7.46. The maximum atomic E-state index is 14.0. The summed E-state index contributed by atoms with van der Waals surface area (Å²) in [5, 5.41) is 0. The van der Waals surface area contributed by atoms with E-state index in [1.165, 1.54) is 12.1 Å². The molecule has 102 valence electrons. The van der Waals surface area contributed by atoms with Gasteiger partial charge in [0.15, 0.2) is 0 Å². The van der Waals surface area contributed by atoms with Gasteiger partial charge >= 0.3 is 0 Å². The minimum Gasteiger partial charge on any atom is -0.325 e. The zero-order valence-electron chi connectivity index (χ0n) is 11.6. The number of hydrogen-bond acceptors (Lipinski definition) is 1. The first-order chi connectivity index (χ1) is 8.10. The van der Waals surface area contributed by atoms with Gasteiger partial charge in [-0.2, -0.15) is 0 Å². The molecule has 0 spiro atoms. The van der Waals surface area contributed by atoms with Crippen LogP contribution in [0.1, 0.15) is 45.2 Å². The van der Waals surface area contributed by atoms with Crippen molar-refractivity contribution in [3.05, 3.63) is 35.4 Å². The Bertz CT molecular complexity index is 374. The standard InChI is InChI=1S/C15H23F2N/c1-11(2)9-12-5-7-13(8-6-12)15(16,17)10-14(3,4)18/h5-8,11H,9-10,18H2,1-4H3. The van der Waals surface area contributed by atoms with Crippen LogP contribution in [0.25, 0.3) is 0 Å². The predicted octanol–water partition coefficient (Wildman–Crippen LogP) is 4.10. The van der Waals surface area contributed by atoms with Gasteiger partial charge in [-0.05, 0) is 31.7 Å². The average Bonchev–Trinajstić information content (AvgIpc) is 2.13. The van der Waals surface area contributed by atoms with Crippen LogP contribution in [0.15, 0.2) is 24.3 Å². The van der Waals surface area contributed by atoms with Crippen molar-refractivity contribution in [1.29, 1.82) is 0 Å². The van der Waals surface area contributed by atoms with Gasteiger partial charge in [-0.1, -0.05) is 38.1 Å². The van der Waals surface area contributed by atoms with Crippen LogP contribution >= 0.6 is 0 Å². The molecule has 0 saturated heterocycles. The van der Waals surface area contributed by atoms with E-state index in [1.807, 2.05) is 0 Å². The van der Waals surface area contributed by atoms with E-state index in [0.29, 0.717) is 5.92 Å². The first kappa shape index (κ1) is 15.1. The molecule has 1 nitrogen and oxygen atoms in total. The van der Waals surface area contributed by atoms with E-state index < -0.39 is 11.5 Å². The van der Waals surface area contributed by atoms with Crippen LogP contribution in [0.2, 0.25) is 0 Å². The normalized spacial score (nSPS) is 13.1. The van der Waals surface area contributed by atoms with E-state index in [-0.39, 0.29) is 12.0 Å². The number of alkyl halides is 2. The van der Waals surface area contributed by atoms with Gasteiger partial charge in [0.1, 0.15) is 0 Å². The van der Waals surface area contributed by atoms with Crippen LogP contribution in [0.5, 0.6) is 0 Å². The highest BCUT2D eigenvalue weighted by Gasteiger charge is 2.36. The fraction of sp³-hybridized carbons (Fsp3) is 0.600. The topological polar surface area (TPSA) is 26.0 Å². The van der Waals surface area contributed by atoms with Crippen molar-refractivity contribution in [3.8, 4) is 0 Å². The maximum absolute atomic E-state index is 14.0. The number of hydrogen-bond donors (Lipinski definition) is 1. The lowest BCUT2D eigenvalue weighted by atomic mass is 9.92. The van der Waals surface area contributed by atoms with Gasteiger partial charge in [-0.25, -0.2) is 8.78 Å². The molecular formula is C15H23F2N. The highest BCUT2D eigenvalue weighted by molar-refractivity contribution is 5.26. The lowest BCUT2D eigenvalue weighted by molar-refractivity contribution is -0.0295. The summed E-state index contributed by atoms with van der Waals surface area (Å²) < 4.78 is 27.9. The molecule has 3 heteroatoms. The molecule has 0 saturated carbocycles. The number of nitrogens with two attached hydrogens (primary N) is 1. The molecule has 0 aliphatic carbocycles. The quantitative estimate of drug-likeness (QED) is 0.842. The first-order valence-corrected chi connectivity index (χ1v) is 6.36. The molecule has 0 aliphatic rings. The predicted molar refractivity (Wildman–Crippen MR) is 71.8 cm³/mol. The molecule has 0 fully saturated rings. The van der Waals surface area contributed by atoms with Crippen molar-refractivity contribution in [2.24, 2.45) is 11.7 Å². The van der Waals surface area contributed by atoms with Gasteiger partial charge in [0, 0.05) is 17.5 Å². The Morgan fingerprint density at radius 3 is 2.00 bits per heavy atom. The van der Waals surface area contributed by atoms with Crippen LogP contribution in [0, 0.1) is 5.92 Å². The van der Waals surface area contributed by atoms with Crippen LogP contribution in [-0.4, -0.2) is 5.54 Å². The Labute approximate surface area is 108 Å². The fourth-order valence-corrected chi connectivity index (χ4v) is 2.03. The number of rotatable bonds is 5. The monoisotopic (exact) mass is 255 g/mol. The molecule has 2 N–H and O–H groups in total. The fourth-order valence-electron chi connectivity index (χ4n) is 2.03. The molecule has 1 aromatic rings.